The maximum atomic E-state index is 12.4. The predicted octanol–water partition coefficient (Wildman–Crippen LogP) is 2.84. The molecule has 3 N–H and O–H groups in total. The van der Waals surface area contributed by atoms with Crippen LogP contribution >= 0.6 is 0 Å². The molecule has 0 aliphatic heterocycles. The third-order valence-electron chi connectivity index (χ3n) is 3.97. The molecular weight excluding hydrogens is 350 g/mol. The number of carbonyl (C=O) groups is 3. The minimum Gasteiger partial charge on any atom is -0.478 e. The van der Waals surface area contributed by atoms with Crippen LogP contribution < -0.4 is 5.32 Å². The summed E-state index contributed by atoms with van der Waals surface area (Å²) in [6, 6.07) is 10.6. The fourth-order valence-corrected chi connectivity index (χ4v) is 2.50. The second-order valence-corrected chi connectivity index (χ2v) is 5.81. The Balaban J connectivity index is 1.67. The molecule has 0 fully saturated rings. The molecule has 0 aliphatic carbocycles. The van der Waals surface area contributed by atoms with Gasteiger partial charge in [0.2, 0.25) is 0 Å². The van der Waals surface area contributed by atoms with E-state index in [2.05, 4.69) is 15.3 Å². The van der Waals surface area contributed by atoms with Crippen LogP contribution in [0, 0.1) is 0 Å². The number of carboxylic acid groups (broad SMARTS) is 1. The number of benzene rings is 2. The van der Waals surface area contributed by atoms with Crippen molar-refractivity contribution in [2.24, 2.45) is 0 Å². The normalized spacial score (nSPS) is 11.7. The smallest absolute Gasteiger partial charge is 0.338 e. The molecular formula is C19H17N3O5. The molecule has 3 aromatic rings. The number of hydrogen-bond acceptors (Lipinski definition) is 5. The Morgan fingerprint density at radius 3 is 2.52 bits per heavy atom. The van der Waals surface area contributed by atoms with Crippen LogP contribution in [0.15, 0.2) is 48.8 Å². The molecule has 1 aromatic heterocycles. The summed E-state index contributed by atoms with van der Waals surface area (Å²) in [7, 11) is 0. The molecule has 0 aliphatic rings. The molecule has 8 heteroatoms. The van der Waals surface area contributed by atoms with Gasteiger partial charge in [-0.15, -0.1) is 0 Å². The molecule has 1 amide bonds. The number of aromatic amines is 1. The van der Waals surface area contributed by atoms with Gasteiger partial charge < -0.3 is 20.1 Å². The number of fused-ring (bicyclic) bond motifs is 1. The van der Waals surface area contributed by atoms with Gasteiger partial charge in [-0.2, -0.15) is 0 Å². The number of aromatic nitrogens is 2. The Labute approximate surface area is 154 Å². The average Bonchev–Trinajstić information content (AvgIpc) is 3.14. The van der Waals surface area contributed by atoms with E-state index >= 15 is 0 Å². The van der Waals surface area contributed by atoms with E-state index < -0.39 is 23.9 Å². The number of nitrogens with one attached hydrogen (secondary N) is 2. The van der Waals surface area contributed by atoms with Crippen molar-refractivity contribution in [3.8, 4) is 0 Å². The van der Waals surface area contributed by atoms with Crippen molar-refractivity contribution >= 4 is 34.6 Å². The number of carbonyl (C=O) groups excluding carboxylic acids is 2. The number of hydrogen-bond donors (Lipinski definition) is 3. The van der Waals surface area contributed by atoms with Gasteiger partial charge in [0.1, 0.15) is 0 Å². The molecule has 3 rings (SSSR count). The first-order chi connectivity index (χ1) is 13.0. The molecule has 0 bridgehead atoms. The molecule has 0 spiro atoms. The fraction of sp³-hybridized carbons (Fsp3) is 0.158. The number of H-pyrrole nitrogens is 1. The van der Waals surface area contributed by atoms with Crippen LogP contribution in [-0.4, -0.2) is 39.0 Å². The van der Waals surface area contributed by atoms with Crippen molar-refractivity contribution < 1.29 is 24.2 Å². The van der Waals surface area contributed by atoms with Gasteiger partial charge >= 0.3 is 11.9 Å². The van der Waals surface area contributed by atoms with Crippen LogP contribution in [0.2, 0.25) is 0 Å². The van der Waals surface area contributed by atoms with E-state index in [0.29, 0.717) is 16.8 Å². The van der Waals surface area contributed by atoms with Crippen LogP contribution in [0.3, 0.4) is 0 Å². The number of amides is 1. The highest BCUT2D eigenvalue weighted by Crippen LogP contribution is 2.15. The first-order valence-corrected chi connectivity index (χ1v) is 8.26. The van der Waals surface area contributed by atoms with E-state index in [4.69, 9.17) is 9.84 Å². The summed E-state index contributed by atoms with van der Waals surface area (Å²) in [4.78, 5) is 42.6. The zero-order chi connectivity index (χ0) is 19.4. The predicted molar refractivity (Wildman–Crippen MR) is 97.6 cm³/mol. The summed E-state index contributed by atoms with van der Waals surface area (Å²) in [6.45, 7) is 1.73. The van der Waals surface area contributed by atoms with Gasteiger partial charge in [0.05, 0.1) is 28.5 Å². The zero-order valence-electron chi connectivity index (χ0n) is 14.4. The van der Waals surface area contributed by atoms with E-state index in [9.17, 15) is 14.4 Å². The molecule has 2 aromatic carbocycles. The quantitative estimate of drug-likeness (QED) is 0.576. The van der Waals surface area contributed by atoms with Crippen LogP contribution in [0.25, 0.3) is 11.0 Å². The van der Waals surface area contributed by atoms with E-state index in [1.807, 2.05) is 0 Å². The monoisotopic (exact) mass is 367 g/mol. The Morgan fingerprint density at radius 2 is 1.85 bits per heavy atom. The second kappa shape index (κ2) is 7.69. The van der Waals surface area contributed by atoms with Crippen molar-refractivity contribution in [2.45, 2.75) is 19.4 Å². The van der Waals surface area contributed by atoms with E-state index in [1.54, 1.807) is 25.1 Å². The molecule has 0 saturated carbocycles. The second-order valence-electron chi connectivity index (χ2n) is 5.81. The van der Waals surface area contributed by atoms with Crippen molar-refractivity contribution in [2.75, 3.05) is 5.32 Å². The molecule has 1 atom stereocenters. The zero-order valence-corrected chi connectivity index (χ0v) is 14.4. The number of esters is 1. The average molecular weight is 367 g/mol. The largest absolute Gasteiger partial charge is 0.478 e. The van der Waals surface area contributed by atoms with Crippen LogP contribution in [0.4, 0.5) is 5.69 Å². The molecule has 1 heterocycles. The van der Waals surface area contributed by atoms with E-state index in [-0.39, 0.29) is 12.0 Å². The van der Waals surface area contributed by atoms with Crippen molar-refractivity contribution in [1.29, 1.82) is 0 Å². The summed E-state index contributed by atoms with van der Waals surface area (Å²) in [5.74, 6) is -2.16. The molecule has 8 nitrogen and oxygen atoms in total. The van der Waals surface area contributed by atoms with Crippen molar-refractivity contribution in [1.82, 2.24) is 9.97 Å². The van der Waals surface area contributed by atoms with Gasteiger partial charge in [-0.1, -0.05) is 6.92 Å². The Hall–Kier alpha value is -3.68. The van der Waals surface area contributed by atoms with Gasteiger partial charge in [0, 0.05) is 5.69 Å². The maximum absolute atomic E-state index is 12.4. The van der Waals surface area contributed by atoms with Crippen LogP contribution in [0.1, 0.15) is 34.1 Å². The molecule has 27 heavy (non-hydrogen) atoms. The van der Waals surface area contributed by atoms with Crippen molar-refractivity contribution in [3.05, 3.63) is 59.9 Å². The summed E-state index contributed by atoms with van der Waals surface area (Å²) in [6.07, 6.45) is 0.837. The third kappa shape index (κ3) is 4.12. The lowest BCUT2D eigenvalue weighted by Crippen LogP contribution is -2.32. The number of imidazole rings is 1. The van der Waals surface area contributed by atoms with Gasteiger partial charge in [-0.3, -0.25) is 4.79 Å². The Morgan fingerprint density at radius 1 is 1.15 bits per heavy atom. The summed E-state index contributed by atoms with van der Waals surface area (Å²) < 4.78 is 5.33. The molecule has 0 saturated heterocycles. The Bertz CT molecular complexity index is 994. The highest BCUT2D eigenvalue weighted by Gasteiger charge is 2.22. The number of nitrogens with zero attached hydrogens (tertiary/aromatic N) is 1. The highest BCUT2D eigenvalue weighted by atomic mass is 16.5. The number of rotatable bonds is 6. The minimum atomic E-state index is -1.05. The molecule has 1 unspecified atom stereocenters. The fourth-order valence-electron chi connectivity index (χ4n) is 2.50. The summed E-state index contributed by atoms with van der Waals surface area (Å²) >= 11 is 0. The lowest BCUT2D eigenvalue weighted by molar-refractivity contribution is -0.124. The maximum Gasteiger partial charge on any atom is 0.338 e. The number of ether oxygens (including phenoxy) is 1. The lowest BCUT2D eigenvalue weighted by atomic mass is 10.2. The SMILES string of the molecule is CCC(OC(=O)c1ccc2nc[nH]c2c1)C(=O)Nc1ccc(C(=O)O)cc1. The van der Waals surface area contributed by atoms with Gasteiger partial charge in [0.25, 0.3) is 5.91 Å². The number of carboxylic acids is 1. The summed E-state index contributed by atoms with van der Waals surface area (Å²) in [5, 5.41) is 11.5. The standard InChI is InChI=1S/C19H17N3O5/c1-2-16(17(23)22-13-6-3-11(4-7-13)18(24)25)27-19(26)12-5-8-14-15(9-12)21-10-20-14/h3-10,16H,2H2,1H3,(H,20,21)(H,22,23)(H,24,25). The van der Waals surface area contributed by atoms with Gasteiger partial charge in [0.15, 0.2) is 6.10 Å². The topological polar surface area (TPSA) is 121 Å². The lowest BCUT2D eigenvalue weighted by Gasteiger charge is -2.16. The first kappa shape index (κ1) is 18.1. The van der Waals surface area contributed by atoms with Gasteiger partial charge in [-0.25, -0.2) is 14.6 Å². The highest BCUT2D eigenvalue weighted by molar-refractivity contribution is 5.99. The van der Waals surface area contributed by atoms with Gasteiger partial charge in [-0.05, 0) is 48.9 Å². The molecule has 138 valence electrons. The van der Waals surface area contributed by atoms with Crippen LogP contribution in [-0.2, 0) is 9.53 Å². The van der Waals surface area contributed by atoms with E-state index in [0.717, 1.165) is 5.52 Å². The number of aromatic carboxylic acids is 1. The number of anilines is 1. The Kier molecular flexibility index (Phi) is 5.16. The minimum absolute atomic E-state index is 0.112. The summed E-state index contributed by atoms with van der Waals surface area (Å²) in [5.41, 5.74) is 2.25. The first-order valence-electron chi connectivity index (χ1n) is 8.26. The molecule has 0 radical (unpaired) electrons. The van der Waals surface area contributed by atoms with Crippen LogP contribution in [0.5, 0.6) is 0 Å². The van der Waals surface area contributed by atoms with Crippen molar-refractivity contribution in [3.63, 3.8) is 0 Å². The van der Waals surface area contributed by atoms with E-state index in [1.165, 1.54) is 30.6 Å². The third-order valence-corrected chi connectivity index (χ3v) is 3.97.